The van der Waals surface area contributed by atoms with Gasteiger partial charge in [0.25, 0.3) is 0 Å². The highest BCUT2D eigenvalue weighted by Gasteiger charge is 2.80. The molecule has 0 aromatic carbocycles. The summed E-state index contributed by atoms with van der Waals surface area (Å²) in [5.74, 6) is -1.66. The molecule has 0 aromatic rings. The van der Waals surface area contributed by atoms with Gasteiger partial charge in [-0.2, -0.15) is 0 Å². The standard InChI is InChI=1S/C14H18Cl4O3/c1-11(2,19)6-5-8-7-12(17)9(15)10(16)13(8,18)14(12,20-3)21-4/h5-6,8,19H,7H2,1-4H3/b6-5+/t8-,12+,13-/m1/s1. The Labute approximate surface area is 144 Å². The number of fused-ring (bicyclic) bond motifs is 2. The Morgan fingerprint density at radius 1 is 1.19 bits per heavy atom. The van der Waals surface area contributed by atoms with Crippen molar-refractivity contribution in [2.45, 2.75) is 41.4 Å². The molecule has 1 saturated carbocycles. The summed E-state index contributed by atoms with van der Waals surface area (Å²) >= 11 is 26.1. The fourth-order valence-electron chi connectivity index (χ4n) is 3.24. The molecule has 2 aliphatic carbocycles. The monoisotopic (exact) mass is 374 g/mol. The summed E-state index contributed by atoms with van der Waals surface area (Å²) in [6, 6.07) is 0. The van der Waals surface area contributed by atoms with Crippen molar-refractivity contribution in [1.82, 2.24) is 0 Å². The largest absolute Gasteiger partial charge is 0.386 e. The minimum Gasteiger partial charge on any atom is -0.386 e. The van der Waals surface area contributed by atoms with Crippen molar-refractivity contribution >= 4 is 46.4 Å². The van der Waals surface area contributed by atoms with Gasteiger partial charge in [-0.05, 0) is 20.3 Å². The minimum absolute atomic E-state index is 0.223. The lowest BCUT2D eigenvalue weighted by Gasteiger charge is -2.41. The van der Waals surface area contributed by atoms with E-state index in [9.17, 15) is 5.11 Å². The van der Waals surface area contributed by atoms with Crippen LogP contribution in [-0.2, 0) is 9.47 Å². The number of hydrogen-bond donors (Lipinski definition) is 1. The Morgan fingerprint density at radius 3 is 2.10 bits per heavy atom. The average Bonchev–Trinajstić information content (AvgIpc) is 2.66. The van der Waals surface area contributed by atoms with E-state index in [-0.39, 0.29) is 16.0 Å². The van der Waals surface area contributed by atoms with Crippen LogP contribution in [0, 0.1) is 5.92 Å². The first-order valence-electron chi connectivity index (χ1n) is 6.46. The number of hydrogen-bond acceptors (Lipinski definition) is 3. The van der Waals surface area contributed by atoms with Gasteiger partial charge >= 0.3 is 0 Å². The predicted molar refractivity (Wildman–Crippen MR) is 86.2 cm³/mol. The van der Waals surface area contributed by atoms with Crippen LogP contribution < -0.4 is 0 Å². The molecule has 0 saturated heterocycles. The van der Waals surface area contributed by atoms with Gasteiger partial charge in [-0.1, -0.05) is 35.4 Å². The van der Waals surface area contributed by atoms with Gasteiger partial charge in [0.2, 0.25) is 5.79 Å². The SMILES string of the molecule is COC1(OC)[C@]2(Cl)C[C@@H](/C=C/C(C)(C)O)[C@@]1(Cl)C(Cl)=C2Cl. The second kappa shape index (κ2) is 5.27. The van der Waals surface area contributed by atoms with Crippen molar-refractivity contribution in [3.05, 3.63) is 22.2 Å². The van der Waals surface area contributed by atoms with Crippen molar-refractivity contribution in [1.29, 1.82) is 0 Å². The maximum atomic E-state index is 9.86. The van der Waals surface area contributed by atoms with E-state index in [1.165, 1.54) is 14.2 Å². The molecule has 120 valence electrons. The minimum atomic E-state index is -1.37. The topological polar surface area (TPSA) is 38.7 Å². The average molecular weight is 376 g/mol. The van der Waals surface area contributed by atoms with Crippen LogP contribution in [0.4, 0.5) is 0 Å². The third-order valence-electron chi connectivity index (χ3n) is 4.18. The van der Waals surface area contributed by atoms with Crippen LogP contribution in [0.25, 0.3) is 0 Å². The Bertz CT molecular complexity index is 507. The molecule has 3 nitrogen and oxygen atoms in total. The van der Waals surface area contributed by atoms with Crippen molar-refractivity contribution in [3.8, 4) is 0 Å². The molecule has 3 atom stereocenters. The van der Waals surface area contributed by atoms with Crippen molar-refractivity contribution in [2.24, 2.45) is 5.92 Å². The van der Waals surface area contributed by atoms with Crippen LogP contribution in [0.5, 0.6) is 0 Å². The van der Waals surface area contributed by atoms with E-state index >= 15 is 0 Å². The van der Waals surface area contributed by atoms with Gasteiger partial charge in [0.15, 0.2) is 0 Å². The summed E-state index contributed by atoms with van der Waals surface area (Å²) in [7, 11) is 2.92. The van der Waals surface area contributed by atoms with E-state index in [0.29, 0.717) is 6.42 Å². The van der Waals surface area contributed by atoms with Gasteiger partial charge in [-0.3, -0.25) is 0 Å². The van der Waals surface area contributed by atoms with Crippen molar-refractivity contribution in [2.75, 3.05) is 14.2 Å². The highest BCUT2D eigenvalue weighted by molar-refractivity contribution is 6.52. The molecule has 0 aliphatic heterocycles. The molecule has 2 aliphatic rings. The van der Waals surface area contributed by atoms with Crippen LogP contribution in [-0.4, -0.2) is 40.5 Å². The van der Waals surface area contributed by atoms with E-state index in [1.807, 2.05) is 0 Å². The summed E-state index contributed by atoms with van der Waals surface area (Å²) in [5, 5.41) is 10.3. The molecule has 2 rings (SSSR count). The normalized spacial score (nSPS) is 38.8. The van der Waals surface area contributed by atoms with Gasteiger partial charge < -0.3 is 14.6 Å². The second-order valence-corrected chi connectivity index (χ2v) is 7.99. The van der Waals surface area contributed by atoms with Crippen LogP contribution in [0.1, 0.15) is 20.3 Å². The number of aliphatic hydroxyl groups is 1. The zero-order valence-corrected chi connectivity index (χ0v) is 15.2. The second-order valence-electron chi connectivity index (χ2n) is 5.99. The summed E-state index contributed by atoms with van der Waals surface area (Å²) in [6.07, 6.45) is 3.83. The van der Waals surface area contributed by atoms with Gasteiger partial charge in [0.1, 0.15) is 9.75 Å². The maximum absolute atomic E-state index is 9.86. The number of halogens is 4. The van der Waals surface area contributed by atoms with Crippen LogP contribution in [0.3, 0.4) is 0 Å². The van der Waals surface area contributed by atoms with Gasteiger partial charge in [0.05, 0.1) is 15.7 Å². The summed E-state index contributed by atoms with van der Waals surface area (Å²) < 4.78 is 11.1. The third kappa shape index (κ3) is 2.13. The summed E-state index contributed by atoms with van der Waals surface area (Å²) in [4.78, 5) is -2.40. The molecule has 0 unspecified atom stereocenters. The molecule has 1 fully saturated rings. The van der Waals surface area contributed by atoms with Gasteiger partial charge in [-0.15, -0.1) is 23.2 Å². The number of rotatable bonds is 4. The quantitative estimate of drug-likeness (QED) is 0.458. The lowest BCUT2D eigenvalue weighted by molar-refractivity contribution is -0.218. The highest BCUT2D eigenvalue weighted by atomic mass is 35.5. The molecule has 7 heteroatoms. The Kier molecular flexibility index (Phi) is 4.48. The molecular weight excluding hydrogens is 358 g/mol. The van der Waals surface area contributed by atoms with Crippen molar-refractivity contribution in [3.63, 3.8) is 0 Å². The first-order chi connectivity index (χ1) is 9.50. The van der Waals surface area contributed by atoms with E-state index in [1.54, 1.807) is 26.0 Å². The lowest BCUT2D eigenvalue weighted by atomic mass is 9.89. The molecule has 1 N–H and O–H groups in total. The number of methoxy groups -OCH3 is 2. The molecule has 21 heavy (non-hydrogen) atoms. The number of alkyl halides is 2. The third-order valence-corrected chi connectivity index (χ3v) is 6.78. The lowest BCUT2D eigenvalue weighted by Crippen LogP contribution is -2.56. The first kappa shape index (κ1) is 17.9. The molecular formula is C14H18Cl4O3. The van der Waals surface area contributed by atoms with Crippen LogP contribution >= 0.6 is 46.4 Å². The molecule has 0 heterocycles. The van der Waals surface area contributed by atoms with E-state index in [0.717, 1.165) is 0 Å². The molecule has 0 spiro atoms. The molecule has 0 aromatic heterocycles. The van der Waals surface area contributed by atoms with E-state index in [2.05, 4.69) is 0 Å². The Morgan fingerprint density at radius 2 is 1.71 bits per heavy atom. The number of ether oxygens (including phenoxy) is 2. The maximum Gasteiger partial charge on any atom is 0.217 e. The van der Waals surface area contributed by atoms with Crippen molar-refractivity contribution < 1.29 is 14.6 Å². The Balaban J connectivity index is 2.56. The molecule has 0 radical (unpaired) electrons. The first-order valence-corrected chi connectivity index (χ1v) is 7.97. The van der Waals surface area contributed by atoms with Crippen LogP contribution in [0.2, 0.25) is 0 Å². The fraction of sp³-hybridized carbons (Fsp3) is 0.714. The van der Waals surface area contributed by atoms with Gasteiger partial charge in [-0.25, -0.2) is 0 Å². The van der Waals surface area contributed by atoms with E-state index in [4.69, 9.17) is 55.9 Å². The van der Waals surface area contributed by atoms with E-state index < -0.39 is 21.1 Å². The zero-order valence-electron chi connectivity index (χ0n) is 12.2. The summed E-state index contributed by atoms with van der Waals surface area (Å²) in [5.41, 5.74) is -0.975. The Hall–Kier alpha value is 0.520. The van der Waals surface area contributed by atoms with Gasteiger partial charge in [0, 0.05) is 20.1 Å². The highest BCUT2D eigenvalue weighted by Crippen LogP contribution is 2.71. The molecule has 0 amide bonds. The summed E-state index contributed by atoms with van der Waals surface area (Å²) in [6.45, 7) is 3.33. The van der Waals surface area contributed by atoms with Crippen LogP contribution in [0.15, 0.2) is 22.2 Å². The zero-order chi connectivity index (χ0) is 16.3. The smallest absolute Gasteiger partial charge is 0.217 e. The predicted octanol–water partition coefficient (Wildman–Crippen LogP) is 3.98. The molecule has 2 bridgehead atoms. The number of allylic oxidation sites excluding steroid dienone is 1. The fourth-order valence-corrected chi connectivity index (χ4v) is 5.29.